The van der Waals surface area contributed by atoms with Crippen molar-refractivity contribution in [1.29, 1.82) is 0 Å². The number of allylic oxidation sites excluding steroid dienone is 1. The van der Waals surface area contributed by atoms with Gasteiger partial charge in [0.1, 0.15) is 6.10 Å². The van der Waals surface area contributed by atoms with Crippen molar-refractivity contribution in [3.8, 4) is 0 Å². The van der Waals surface area contributed by atoms with Crippen LogP contribution in [0.25, 0.3) is 5.57 Å². The molecule has 5 rings (SSSR count). The molecule has 31 heavy (non-hydrogen) atoms. The van der Waals surface area contributed by atoms with Gasteiger partial charge in [-0.05, 0) is 23.0 Å². The number of nitrogens with zero attached hydrogens (tertiary/aromatic N) is 1. The molecule has 0 aliphatic carbocycles. The van der Waals surface area contributed by atoms with Crippen LogP contribution in [0.15, 0.2) is 65.9 Å². The first-order valence-electron chi connectivity index (χ1n) is 11.1. The molecule has 0 bridgehead atoms. The van der Waals surface area contributed by atoms with Crippen LogP contribution in [0.3, 0.4) is 0 Å². The van der Waals surface area contributed by atoms with E-state index in [-0.39, 0.29) is 47.0 Å². The number of esters is 1. The Kier molecular flexibility index (Phi) is 6.48. The van der Waals surface area contributed by atoms with Crippen LogP contribution in [-0.4, -0.2) is 18.6 Å². The molecule has 2 aromatic carbocycles. The number of anilines is 1. The van der Waals surface area contributed by atoms with Gasteiger partial charge in [-0.25, -0.2) is 4.79 Å². The molecule has 0 spiro atoms. The Bertz CT molecular complexity index is 1040. The molecule has 3 nitrogen and oxygen atoms in total. The van der Waals surface area contributed by atoms with Crippen LogP contribution in [0.5, 0.6) is 0 Å². The van der Waals surface area contributed by atoms with Crippen molar-refractivity contribution >= 4 is 17.2 Å². The van der Waals surface area contributed by atoms with Gasteiger partial charge in [0.25, 0.3) is 0 Å². The predicted molar refractivity (Wildman–Crippen MR) is 120 cm³/mol. The van der Waals surface area contributed by atoms with Gasteiger partial charge in [-0.2, -0.15) is 18.2 Å². The molecule has 154 valence electrons. The van der Waals surface area contributed by atoms with E-state index in [1.54, 1.807) is 6.08 Å². The topological polar surface area (TPSA) is 29.5 Å². The van der Waals surface area contributed by atoms with Gasteiger partial charge in [0.15, 0.2) is 0 Å². The summed E-state index contributed by atoms with van der Waals surface area (Å²) in [4.78, 5) is 14.9. The fourth-order valence-corrected chi connectivity index (χ4v) is 5.49. The van der Waals surface area contributed by atoms with Crippen LogP contribution in [0.1, 0.15) is 57.1 Å². The summed E-state index contributed by atoms with van der Waals surface area (Å²) in [5.74, 6) is -0.229. The standard InChI is InChI=1S/C27H28NO2.Na/c1-3-4-10-16-27(2)21-13-8-9-14-22(21)28-17-15-23-25(26(27)28)20(18-24(29)30-23)19-11-6-5-7-12-19;/h5-7,9,11-14,18,23H,3-4,10,15-17H2,1-2H3;/q-1;+1. The quantitative estimate of drug-likeness (QED) is 0.322. The Balaban J connectivity index is 0.00000231. The van der Waals surface area contributed by atoms with Gasteiger partial charge in [-0.1, -0.05) is 69.1 Å². The van der Waals surface area contributed by atoms with Crippen LogP contribution in [0, 0.1) is 6.07 Å². The van der Waals surface area contributed by atoms with E-state index in [1.165, 1.54) is 41.8 Å². The Hall–Kier alpha value is -1.81. The molecule has 0 amide bonds. The zero-order valence-electron chi connectivity index (χ0n) is 18.8. The maximum absolute atomic E-state index is 12.4. The number of hydrogen-bond donors (Lipinski definition) is 0. The molecule has 0 N–H and O–H groups in total. The number of carbonyl (C=O) groups excluding carboxylic acids is 1. The van der Waals surface area contributed by atoms with Gasteiger partial charge >= 0.3 is 35.5 Å². The van der Waals surface area contributed by atoms with E-state index in [9.17, 15) is 4.79 Å². The van der Waals surface area contributed by atoms with Gasteiger partial charge < -0.3 is 9.64 Å². The Morgan fingerprint density at radius 1 is 1.19 bits per heavy atom. The average Bonchev–Trinajstić information content (AvgIpc) is 3.03. The minimum Gasteiger partial charge on any atom is -0.454 e. The predicted octanol–water partition coefficient (Wildman–Crippen LogP) is 2.82. The number of unbranched alkanes of at least 4 members (excludes halogenated alkanes) is 2. The van der Waals surface area contributed by atoms with Crippen LogP contribution in [0.4, 0.5) is 5.69 Å². The molecular formula is C27H28NNaO2. The normalized spacial score (nSPS) is 23.9. The Morgan fingerprint density at radius 3 is 2.77 bits per heavy atom. The van der Waals surface area contributed by atoms with E-state index in [1.807, 2.05) is 24.3 Å². The molecule has 3 heterocycles. The number of rotatable bonds is 5. The Labute approximate surface area is 207 Å². The third kappa shape index (κ3) is 3.71. The second-order valence-electron chi connectivity index (χ2n) is 8.78. The summed E-state index contributed by atoms with van der Waals surface area (Å²) in [6, 6.07) is 20.0. The number of fused-ring (bicyclic) bond motifs is 4. The number of hydrogen-bond acceptors (Lipinski definition) is 3. The van der Waals surface area contributed by atoms with Crippen molar-refractivity contribution in [3.63, 3.8) is 0 Å². The summed E-state index contributed by atoms with van der Waals surface area (Å²) < 4.78 is 5.86. The van der Waals surface area contributed by atoms with E-state index in [0.29, 0.717) is 0 Å². The molecule has 2 atom stereocenters. The van der Waals surface area contributed by atoms with Crippen molar-refractivity contribution < 1.29 is 39.1 Å². The van der Waals surface area contributed by atoms with E-state index >= 15 is 0 Å². The first-order chi connectivity index (χ1) is 14.6. The van der Waals surface area contributed by atoms with Crippen LogP contribution < -0.4 is 34.5 Å². The molecule has 2 unspecified atom stereocenters. The molecule has 4 heteroatoms. The molecule has 0 saturated heterocycles. The van der Waals surface area contributed by atoms with Crippen molar-refractivity contribution in [1.82, 2.24) is 0 Å². The number of carbonyl (C=O) groups is 1. The first kappa shape index (κ1) is 22.4. The summed E-state index contributed by atoms with van der Waals surface area (Å²) >= 11 is 0. The third-order valence-corrected chi connectivity index (χ3v) is 6.89. The van der Waals surface area contributed by atoms with Crippen molar-refractivity contribution in [2.24, 2.45) is 0 Å². The molecule has 0 fully saturated rings. The van der Waals surface area contributed by atoms with E-state index in [4.69, 9.17) is 4.74 Å². The third-order valence-electron chi connectivity index (χ3n) is 6.89. The first-order valence-corrected chi connectivity index (χ1v) is 11.1. The van der Waals surface area contributed by atoms with Crippen LogP contribution >= 0.6 is 0 Å². The molecule has 3 aliphatic rings. The fraction of sp³-hybridized carbons (Fsp3) is 0.370. The van der Waals surface area contributed by atoms with Gasteiger partial charge in [-0.3, -0.25) is 0 Å². The van der Waals surface area contributed by atoms with Crippen molar-refractivity contribution in [2.75, 3.05) is 11.4 Å². The van der Waals surface area contributed by atoms with Gasteiger partial charge in [0.2, 0.25) is 0 Å². The summed E-state index contributed by atoms with van der Waals surface area (Å²) in [6.45, 7) is 5.50. The molecule has 3 aliphatic heterocycles. The van der Waals surface area contributed by atoms with Crippen molar-refractivity contribution in [3.05, 3.63) is 83.1 Å². The SMILES string of the molecule is CCCCCC1(C)C2=C3C(c4ccccc4)=CC(=O)OC3CCN2c2cc[c-]cc21.[Na+]. The maximum Gasteiger partial charge on any atom is 1.00 e. The Morgan fingerprint density at radius 2 is 2.00 bits per heavy atom. The second kappa shape index (κ2) is 8.97. The minimum absolute atomic E-state index is 0. The van der Waals surface area contributed by atoms with Crippen LogP contribution in [-0.2, 0) is 14.9 Å². The minimum atomic E-state index is -0.229. The zero-order valence-corrected chi connectivity index (χ0v) is 20.8. The average molecular weight is 422 g/mol. The van der Waals surface area contributed by atoms with Crippen molar-refractivity contribution in [2.45, 2.75) is 57.5 Å². The van der Waals surface area contributed by atoms with E-state index in [2.05, 4.69) is 49.1 Å². The molecule has 0 saturated carbocycles. The summed E-state index contributed by atoms with van der Waals surface area (Å²) in [5.41, 5.74) is 7.17. The maximum atomic E-state index is 12.4. The molecular weight excluding hydrogens is 393 g/mol. The van der Waals surface area contributed by atoms with E-state index in [0.717, 1.165) is 30.5 Å². The molecule has 0 aromatic heterocycles. The fourth-order valence-electron chi connectivity index (χ4n) is 5.49. The summed E-state index contributed by atoms with van der Waals surface area (Å²) in [7, 11) is 0. The smallest absolute Gasteiger partial charge is 0.454 e. The zero-order chi connectivity index (χ0) is 20.7. The van der Waals surface area contributed by atoms with Gasteiger partial charge in [0.05, 0.1) is 0 Å². The van der Waals surface area contributed by atoms with E-state index < -0.39 is 0 Å². The number of ether oxygens (including phenoxy) is 1. The largest absolute Gasteiger partial charge is 1.00 e. The monoisotopic (exact) mass is 421 g/mol. The molecule has 0 radical (unpaired) electrons. The summed E-state index contributed by atoms with van der Waals surface area (Å²) in [6.07, 6.45) is 7.04. The second-order valence-corrected chi connectivity index (χ2v) is 8.78. The summed E-state index contributed by atoms with van der Waals surface area (Å²) in [5, 5.41) is 0. The van der Waals surface area contributed by atoms with Gasteiger partial charge in [0, 0.05) is 30.3 Å². The van der Waals surface area contributed by atoms with Crippen LogP contribution in [0.2, 0.25) is 0 Å². The van der Waals surface area contributed by atoms with Gasteiger partial charge in [-0.15, -0.1) is 11.6 Å². The number of benzene rings is 2. The molecule has 2 aromatic rings.